The van der Waals surface area contributed by atoms with Crippen molar-refractivity contribution in [2.75, 3.05) is 0 Å². The van der Waals surface area contributed by atoms with Crippen LogP contribution in [0.25, 0.3) is 0 Å². The molecule has 5 rings (SSSR count). The number of fused-ring (bicyclic) bond motifs is 3. The van der Waals surface area contributed by atoms with E-state index < -0.39 is 21.7 Å². The van der Waals surface area contributed by atoms with E-state index in [0.29, 0.717) is 0 Å². The molecule has 8 heteroatoms. The summed E-state index contributed by atoms with van der Waals surface area (Å²) in [5, 5.41) is 2.31. The minimum absolute atomic E-state index is 0.165. The third-order valence-electron chi connectivity index (χ3n) is 8.50. The molecular weight excluding hydrogens is 551 g/mol. The van der Waals surface area contributed by atoms with Crippen molar-refractivity contribution in [3.63, 3.8) is 0 Å². The Labute approximate surface area is 247 Å². The molecule has 6 nitrogen and oxygen atoms in total. The van der Waals surface area contributed by atoms with Crippen LogP contribution in [0.4, 0.5) is 0 Å². The minimum Gasteiger partial charge on any atom is -0.401 e. The van der Waals surface area contributed by atoms with E-state index >= 15 is 0 Å². The summed E-state index contributed by atoms with van der Waals surface area (Å²) in [4.78, 5) is 0. The number of rotatable bonds is 10. The molecule has 1 heterocycles. The molecular formula is C33H47O6PSi. The number of ether oxygens (including phenoxy) is 2. The Morgan fingerprint density at radius 2 is 1.41 bits per heavy atom. The lowest BCUT2D eigenvalue weighted by atomic mass is 10.00. The summed E-state index contributed by atoms with van der Waals surface area (Å²) in [5.41, 5.74) is -0.356. The van der Waals surface area contributed by atoms with Gasteiger partial charge in [-0.3, -0.25) is 4.57 Å². The Morgan fingerprint density at radius 3 is 1.88 bits per heavy atom. The molecule has 0 N–H and O–H groups in total. The lowest BCUT2D eigenvalue weighted by molar-refractivity contribution is -0.164. The monoisotopic (exact) mass is 598 g/mol. The van der Waals surface area contributed by atoms with Crippen LogP contribution in [-0.4, -0.2) is 44.6 Å². The Morgan fingerprint density at radius 1 is 0.902 bits per heavy atom. The van der Waals surface area contributed by atoms with Gasteiger partial charge in [0.05, 0.1) is 24.4 Å². The van der Waals surface area contributed by atoms with Crippen molar-refractivity contribution in [3.8, 4) is 0 Å². The fourth-order valence-corrected chi connectivity index (χ4v) is 13.5. The maximum absolute atomic E-state index is 13.8. The standard InChI is InChI=1S/C33H47O6PSi/c1-23(2)37-40(34,38-24(3)4)21-20-33-22-27(33)28(29-30(33)36-32(8,9)35-29)39-41(31(5,6)7,25-16-12-10-13-17-25)26-18-14-11-15-19-26/h10-21,23-24,27-30H,22H2,1-9H3/t27-,28+,29+,30+,33+/m1/s1. The van der Waals surface area contributed by atoms with Crippen molar-refractivity contribution in [3.05, 3.63) is 72.6 Å². The molecule has 41 heavy (non-hydrogen) atoms. The highest BCUT2D eigenvalue weighted by Gasteiger charge is 2.76. The zero-order valence-corrected chi connectivity index (χ0v) is 27.9. The van der Waals surface area contributed by atoms with E-state index in [1.807, 2.05) is 47.6 Å². The summed E-state index contributed by atoms with van der Waals surface area (Å²) >= 11 is 0. The molecule has 0 aromatic heterocycles. The second-order valence-corrected chi connectivity index (χ2v) is 19.9. The van der Waals surface area contributed by atoms with Crippen LogP contribution in [0.5, 0.6) is 0 Å². The molecule has 0 amide bonds. The first-order chi connectivity index (χ1) is 19.1. The molecule has 0 bridgehead atoms. The quantitative estimate of drug-likeness (QED) is 0.216. The van der Waals surface area contributed by atoms with Crippen molar-refractivity contribution < 1.29 is 27.5 Å². The van der Waals surface area contributed by atoms with Crippen molar-refractivity contribution in [1.29, 1.82) is 0 Å². The van der Waals surface area contributed by atoms with Crippen LogP contribution >= 0.6 is 7.60 Å². The van der Waals surface area contributed by atoms with Gasteiger partial charge in [0, 0.05) is 11.2 Å². The van der Waals surface area contributed by atoms with Crippen molar-refractivity contribution in [2.45, 2.75) is 110 Å². The van der Waals surface area contributed by atoms with Crippen LogP contribution in [0.2, 0.25) is 5.04 Å². The molecule has 2 aromatic carbocycles. The van der Waals surface area contributed by atoms with Gasteiger partial charge in [-0.15, -0.1) is 0 Å². The number of benzene rings is 2. The molecule has 1 saturated heterocycles. The van der Waals surface area contributed by atoms with Crippen LogP contribution in [0.3, 0.4) is 0 Å². The van der Waals surface area contributed by atoms with Gasteiger partial charge < -0.3 is 22.9 Å². The van der Waals surface area contributed by atoms with Crippen LogP contribution < -0.4 is 10.4 Å². The fourth-order valence-electron chi connectivity index (χ4n) is 6.99. The van der Waals surface area contributed by atoms with Gasteiger partial charge in [-0.2, -0.15) is 0 Å². The summed E-state index contributed by atoms with van der Waals surface area (Å²) in [5.74, 6) is 1.09. The third-order valence-corrected chi connectivity index (χ3v) is 15.5. The zero-order valence-electron chi connectivity index (χ0n) is 26.0. The maximum atomic E-state index is 13.8. The average molecular weight is 599 g/mol. The molecule has 0 radical (unpaired) electrons. The van der Waals surface area contributed by atoms with E-state index in [0.717, 1.165) is 6.42 Å². The smallest absolute Gasteiger partial charge is 0.354 e. The van der Waals surface area contributed by atoms with Gasteiger partial charge in [-0.1, -0.05) is 87.5 Å². The molecule has 5 atom stereocenters. The molecule has 0 spiro atoms. The van der Waals surface area contributed by atoms with E-state index in [1.54, 1.807) is 5.82 Å². The summed E-state index contributed by atoms with van der Waals surface area (Å²) in [6, 6.07) is 21.4. The predicted molar refractivity (Wildman–Crippen MR) is 166 cm³/mol. The SMILES string of the molecule is CC(C)OP(=O)(C=C[C@]12C[C@@H]1[C@H](O[Si](c1ccccc1)(c1ccccc1)C(C)(C)C)[C@@H]1OC(C)(C)O[C@@H]12)OC(C)C. The maximum Gasteiger partial charge on any atom is 0.354 e. The Hall–Kier alpha value is -1.57. The lowest BCUT2D eigenvalue weighted by Crippen LogP contribution is -2.68. The van der Waals surface area contributed by atoms with E-state index in [9.17, 15) is 4.57 Å². The summed E-state index contributed by atoms with van der Waals surface area (Å²) in [6.45, 7) is 18.3. The molecule has 2 aliphatic carbocycles. The van der Waals surface area contributed by atoms with Gasteiger partial charge in [0.1, 0.15) is 6.10 Å². The molecule has 224 valence electrons. The highest BCUT2D eigenvalue weighted by atomic mass is 31.2. The summed E-state index contributed by atoms with van der Waals surface area (Å²) < 4.78 is 46.3. The van der Waals surface area contributed by atoms with Gasteiger partial charge in [0.2, 0.25) is 0 Å². The van der Waals surface area contributed by atoms with Crippen molar-refractivity contribution >= 4 is 26.3 Å². The average Bonchev–Trinajstić information content (AvgIpc) is 3.44. The predicted octanol–water partition coefficient (Wildman–Crippen LogP) is 7.03. The topological polar surface area (TPSA) is 63.2 Å². The van der Waals surface area contributed by atoms with Gasteiger partial charge in [-0.05, 0) is 69.3 Å². The van der Waals surface area contributed by atoms with Gasteiger partial charge >= 0.3 is 7.60 Å². The van der Waals surface area contributed by atoms with Crippen LogP contribution in [0, 0.1) is 11.3 Å². The van der Waals surface area contributed by atoms with Crippen LogP contribution in [0.1, 0.15) is 68.7 Å². The van der Waals surface area contributed by atoms with E-state index in [2.05, 4.69) is 81.4 Å². The second-order valence-electron chi connectivity index (χ2n) is 13.9. The van der Waals surface area contributed by atoms with Crippen LogP contribution in [0.15, 0.2) is 72.6 Å². The molecule has 2 saturated carbocycles. The first-order valence-electron chi connectivity index (χ1n) is 14.9. The second kappa shape index (κ2) is 10.9. The lowest BCUT2D eigenvalue weighted by Gasteiger charge is -2.45. The molecule has 3 aliphatic rings. The van der Waals surface area contributed by atoms with Crippen molar-refractivity contribution in [2.24, 2.45) is 11.3 Å². The third kappa shape index (κ3) is 5.72. The Kier molecular flexibility index (Phi) is 8.17. The molecule has 1 aliphatic heterocycles. The Balaban J connectivity index is 1.58. The van der Waals surface area contributed by atoms with E-state index in [-0.39, 0.29) is 46.9 Å². The highest BCUT2D eigenvalue weighted by Crippen LogP contribution is 2.70. The highest BCUT2D eigenvalue weighted by molar-refractivity contribution is 7.57. The molecule has 3 fully saturated rings. The van der Waals surface area contributed by atoms with Gasteiger partial charge in [-0.25, -0.2) is 0 Å². The fraction of sp³-hybridized carbons (Fsp3) is 0.576. The van der Waals surface area contributed by atoms with E-state index in [1.165, 1.54) is 10.4 Å². The largest absolute Gasteiger partial charge is 0.401 e. The summed E-state index contributed by atoms with van der Waals surface area (Å²) in [6.07, 6.45) is 1.80. The van der Waals surface area contributed by atoms with Crippen molar-refractivity contribution in [1.82, 2.24) is 0 Å². The first kappa shape index (κ1) is 30.9. The van der Waals surface area contributed by atoms with Crippen LogP contribution in [-0.2, 0) is 27.5 Å². The number of hydrogen-bond donors (Lipinski definition) is 0. The first-order valence-corrected chi connectivity index (χ1v) is 18.5. The Bertz CT molecular complexity index is 1230. The normalized spacial score (nSPS) is 29.3. The van der Waals surface area contributed by atoms with Gasteiger partial charge in [0.15, 0.2) is 5.79 Å². The minimum atomic E-state index is -3.46. The number of hydrogen-bond acceptors (Lipinski definition) is 6. The molecule has 2 aromatic rings. The zero-order chi connectivity index (χ0) is 29.8. The van der Waals surface area contributed by atoms with Gasteiger partial charge in [0.25, 0.3) is 8.32 Å². The summed E-state index contributed by atoms with van der Waals surface area (Å²) in [7, 11) is -6.30. The molecule has 0 unspecified atom stereocenters. The van der Waals surface area contributed by atoms with E-state index in [4.69, 9.17) is 22.9 Å².